The Hall–Kier alpha value is -2.87. The maximum Gasteiger partial charge on any atom is 0.326 e. The summed E-state index contributed by atoms with van der Waals surface area (Å²) in [6, 6.07) is 7.88. The number of rotatable bonds is 4. The summed E-state index contributed by atoms with van der Waals surface area (Å²) in [5.41, 5.74) is 1.47. The second-order valence-corrected chi connectivity index (χ2v) is 6.99. The highest BCUT2D eigenvalue weighted by molar-refractivity contribution is 7.16. The molecule has 5 nitrogen and oxygen atoms in total. The van der Waals surface area contributed by atoms with Gasteiger partial charge in [-0.3, -0.25) is 4.79 Å². The minimum Gasteiger partial charge on any atom is -0.480 e. The highest BCUT2D eigenvalue weighted by atomic mass is 32.1. The Labute approximate surface area is 157 Å². The van der Waals surface area contributed by atoms with E-state index in [1.807, 2.05) is 6.92 Å². The van der Waals surface area contributed by atoms with Crippen molar-refractivity contribution in [3.05, 3.63) is 64.0 Å². The van der Waals surface area contributed by atoms with Gasteiger partial charge in [0.15, 0.2) is 16.4 Å². The Bertz CT molecular complexity index is 1100. The van der Waals surface area contributed by atoms with Gasteiger partial charge in [-0.05, 0) is 37.6 Å². The molecule has 0 saturated heterocycles. The first-order valence-corrected chi connectivity index (χ1v) is 9.02. The first kappa shape index (κ1) is 18.9. The van der Waals surface area contributed by atoms with E-state index in [-0.39, 0.29) is 21.4 Å². The summed E-state index contributed by atoms with van der Waals surface area (Å²) < 4.78 is 29.0. The van der Waals surface area contributed by atoms with Gasteiger partial charge in [0.05, 0.1) is 10.2 Å². The summed E-state index contributed by atoms with van der Waals surface area (Å²) in [5.74, 6) is -3.87. The molecule has 0 saturated carbocycles. The van der Waals surface area contributed by atoms with E-state index in [2.05, 4.69) is 4.99 Å². The fraction of sp³-hybridized carbons (Fsp3) is 0.211. The number of aryl methyl sites for hydroxylation is 1. The van der Waals surface area contributed by atoms with Crippen molar-refractivity contribution in [3.8, 4) is 0 Å². The second kappa shape index (κ2) is 7.40. The predicted octanol–water partition coefficient (Wildman–Crippen LogP) is 4.07. The van der Waals surface area contributed by atoms with Crippen LogP contribution in [0.1, 0.15) is 35.3 Å². The molecule has 1 unspecified atom stereocenters. The zero-order valence-corrected chi connectivity index (χ0v) is 15.4. The van der Waals surface area contributed by atoms with Crippen LogP contribution in [-0.4, -0.2) is 21.6 Å². The van der Waals surface area contributed by atoms with Crippen LogP contribution in [-0.2, 0) is 4.79 Å². The van der Waals surface area contributed by atoms with Crippen LogP contribution in [0.5, 0.6) is 0 Å². The molecule has 0 fully saturated rings. The molecule has 1 amide bonds. The number of halogens is 2. The van der Waals surface area contributed by atoms with Crippen molar-refractivity contribution in [2.75, 3.05) is 0 Å². The molecule has 0 aliphatic carbocycles. The molecule has 0 radical (unpaired) electrons. The third-order valence-corrected chi connectivity index (χ3v) is 5.23. The van der Waals surface area contributed by atoms with Crippen LogP contribution in [0.2, 0.25) is 0 Å². The van der Waals surface area contributed by atoms with Crippen molar-refractivity contribution in [3.63, 3.8) is 0 Å². The number of amides is 1. The molecular formula is C19H16F2N2O3S. The van der Waals surface area contributed by atoms with Crippen LogP contribution in [0.15, 0.2) is 41.4 Å². The van der Waals surface area contributed by atoms with Gasteiger partial charge >= 0.3 is 5.97 Å². The Kier molecular flexibility index (Phi) is 5.18. The Morgan fingerprint density at radius 1 is 1.19 bits per heavy atom. The summed E-state index contributed by atoms with van der Waals surface area (Å²) in [4.78, 5) is 28.2. The molecule has 0 bridgehead atoms. The van der Waals surface area contributed by atoms with Gasteiger partial charge in [0, 0.05) is 5.56 Å². The Morgan fingerprint density at radius 2 is 1.85 bits per heavy atom. The van der Waals surface area contributed by atoms with E-state index in [0.717, 1.165) is 23.0 Å². The monoisotopic (exact) mass is 390 g/mol. The van der Waals surface area contributed by atoms with Crippen LogP contribution in [0.3, 0.4) is 0 Å². The van der Waals surface area contributed by atoms with Crippen molar-refractivity contribution < 1.29 is 23.5 Å². The average Bonchev–Trinajstić information content (AvgIpc) is 2.98. The number of aliphatic carboxylic acids is 1. The number of benzene rings is 2. The minimum absolute atomic E-state index is 0.00863. The van der Waals surface area contributed by atoms with Crippen LogP contribution in [0.4, 0.5) is 8.78 Å². The third-order valence-electron chi connectivity index (χ3n) is 4.17. The van der Waals surface area contributed by atoms with Crippen LogP contribution in [0.25, 0.3) is 10.2 Å². The molecular weight excluding hydrogens is 374 g/mol. The fourth-order valence-corrected chi connectivity index (χ4v) is 3.84. The van der Waals surface area contributed by atoms with Gasteiger partial charge in [0.2, 0.25) is 0 Å². The van der Waals surface area contributed by atoms with Gasteiger partial charge in [-0.25, -0.2) is 13.6 Å². The molecule has 27 heavy (non-hydrogen) atoms. The molecule has 1 N–H and O–H groups in total. The lowest BCUT2D eigenvalue weighted by Crippen LogP contribution is -2.27. The number of carboxylic acids is 1. The lowest BCUT2D eigenvalue weighted by Gasteiger charge is -2.13. The predicted molar refractivity (Wildman–Crippen MR) is 97.8 cm³/mol. The molecule has 3 aromatic rings. The SMILES string of the molecule is CCC(C(=O)O)n1c(=NC(=O)c2ccc(C)cc2)sc2c(F)c(F)ccc21. The molecule has 1 heterocycles. The molecule has 3 rings (SSSR count). The molecule has 8 heteroatoms. The van der Waals surface area contributed by atoms with Crippen molar-refractivity contribution in [1.82, 2.24) is 4.57 Å². The number of aromatic nitrogens is 1. The first-order valence-electron chi connectivity index (χ1n) is 8.21. The number of thiazole rings is 1. The Morgan fingerprint density at radius 3 is 2.44 bits per heavy atom. The van der Waals surface area contributed by atoms with Gasteiger partial charge in [-0.15, -0.1) is 0 Å². The van der Waals surface area contributed by atoms with Crippen molar-refractivity contribution >= 4 is 33.4 Å². The van der Waals surface area contributed by atoms with Crippen molar-refractivity contribution in [1.29, 1.82) is 0 Å². The van der Waals surface area contributed by atoms with E-state index >= 15 is 0 Å². The highest BCUT2D eigenvalue weighted by Gasteiger charge is 2.24. The molecule has 2 aromatic carbocycles. The van der Waals surface area contributed by atoms with E-state index in [0.29, 0.717) is 5.56 Å². The largest absolute Gasteiger partial charge is 0.480 e. The summed E-state index contributed by atoms with van der Waals surface area (Å²) >= 11 is 0.749. The van der Waals surface area contributed by atoms with Gasteiger partial charge in [-0.2, -0.15) is 4.99 Å². The maximum atomic E-state index is 14.2. The van der Waals surface area contributed by atoms with Crippen molar-refractivity contribution in [2.24, 2.45) is 4.99 Å². The van der Waals surface area contributed by atoms with Crippen LogP contribution >= 0.6 is 11.3 Å². The zero-order chi connectivity index (χ0) is 19.7. The lowest BCUT2D eigenvalue weighted by molar-refractivity contribution is -0.140. The van der Waals surface area contributed by atoms with E-state index < -0.39 is 29.6 Å². The summed E-state index contributed by atoms with van der Waals surface area (Å²) in [6.45, 7) is 3.53. The quantitative estimate of drug-likeness (QED) is 0.730. The summed E-state index contributed by atoms with van der Waals surface area (Å²) in [6.07, 6.45) is 0.187. The van der Waals surface area contributed by atoms with Gasteiger partial charge in [0.25, 0.3) is 5.91 Å². The molecule has 1 atom stereocenters. The van der Waals surface area contributed by atoms with Gasteiger partial charge < -0.3 is 9.67 Å². The molecule has 0 aliphatic heterocycles. The molecule has 0 aliphatic rings. The smallest absolute Gasteiger partial charge is 0.326 e. The normalized spacial score (nSPS) is 13.1. The number of hydrogen-bond donors (Lipinski definition) is 1. The molecule has 1 aromatic heterocycles. The number of carboxylic acid groups (broad SMARTS) is 1. The number of hydrogen-bond acceptors (Lipinski definition) is 3. The highest BCUT2D eigenvalue weighted by Crippen LogP contribution is 2.26. The molecule has 140 valence electrons. The van der Waals surface area contributed by atoms with E-state index in [4.69, 9.17) is 0 Å². The van der Waals surface area contributed by atoms with Crippen LogP contribution < -0.4 is 4.80 Å². The topological polar surface area (TPSA) is 71.7 Å². The van der Waals surface area contributed by atoms with Crippen molar-refractivity contribution in [2.45, 2.75) is 26.3 Å². The van der Waals surface area contributed by atoms with Crippen LogP contribution in [0, 0.1) is 18.6 Å². The van der Waals surface area contributed by atoms with E-state index in [9.17, 15) is 23.5 Å². The zero-order valence-electron chi connectivity index (χ0n) is 14.6. The lowest BCUT2D eigenvalue weighted by atomic mass is 10.1. The second-order valence-electron chi connectivity index (χ2n) is 6.01. The number of nitrogens with zero attached hydrogens (tertiary/aromatic N) is 2. The van der Waals surface area contributed by atoms with E-state index in [1.165, 1.54) is 10.6 Å². The summed E-state index contributed by atoms with van der Waals surface area (Å²) in [5, 5.41) is 9.52. The van der Waals surface area contributed by atoms with E-state index in [1.54, 1.807) is 31.2 Å². The standard InChI is InChI=1S/C19H16F2N2O3S/c1-3-13(18(25)26)23-14-9-8-12(20)15(21)16(14)27-19(23)22-17(24)11-6-4-10(2)5-7-11/h4-9,13H,3H2,1-2H3,(H,25,26). The van der Waals surface area contributed by atoms with Gasteiger partial charge in [-0.1, -0.05) is 36.0 Å². The number of fused-ring (bicyclic) bond motifs is 1. The summed E-state index contributed by atoms with van der Waals surface area (Å²) in [7, 11) is 0. The minimum atomic E-state index is -1.15. The average molecular weight is 390 g/mol. The number of carbonyl (C=O) groups is 2. The Balaban J connectivity index is 2.27. The third kappa shape index (κ3) is 3.52. The first-order chi connectivity index (χ1) is 12.8. The number of carbonyl (C=O) groups excluding carboxylic acids is 1. The molecule has 0 spiro atoms. The fourth-order valence-electron chi connectivity index (χ4n) is 2.75. The maximum absolute atomic E-state index is 14.2. The van der Waals surface area contributed by atoms with Gasteiger partial charge in [0.1, 0.15) is 6.04 Å².